The van der Waals surface area contributed by atoms with Crippen molar-refractivity contribution in [3.8, 4) is 0 Å². The SMILES string of the molecule is CCCC(C)(N)C(=O)N1CCC(C(=O)NC)CC1. The number of likely N-dealkylation sites (tertiary alicyclic amines) is 1. The highest BCUT2D eigenvalue weighted by Crippen LogP contribution is 2.21. The van der Waals surface area contributed by atoms with Crippen LogP contribution >= 0.6 is 0 Å². The van der Waals surface area contributed by atoms with Crippen molar-refractivity contribution in [3.63, 3.8) is 0 Å². The third-order valence-corrected chi connectivity index (χ3v) is 3.66. The molecule has 1 fully saturated rings. The van der Waals surface area contributed by atoms with Crippen LogP contribution in [0.1, 0.15) is 39.5 Å². The van der Waals surface area contributed by atoms with E-state index < -0.39 is 5.54 Å². The van der Waals surface area contributed by atoms with Crippen molar-refractivity contribution < 1.29 is 9.59 Å². The summed E-state index contributed by atoms with van der Waals surface area (Å²) in [5, 5.41) is 2.66. The summed E-state index contributed by atoms with van der Waals surface area (Å²) in [4.78, 5) is 25.6. The quantitative estimate of drug-likeness (QED) is 0.767. The first-order chi connectivity index (χ1) is 8.42. The van der Waals surface area contributed by atoms with Crippen molar-refractivity contribution in [1.29, 1.82) is 0 Å². The third kappa shape index (κ3) is 3.45. The molecular formula is C13H25N3O2. The summed E-state index contributed by atoms with van der Waals surface area (Å²) >= 11 is 0. The van der Waals surface area contributed by atoms with E-state index in [9.17, 15) is 9.59 Å². The lowest BCUT2D eigenvalue weighted by atomic mass is 9.91. The monoisotopic (exact) mass is 255 g/mol. The minimum absolute atomic E-state index is 0.0136. The van der Waals surface area contributed by atoms with E-state index >= 15 is 0 Å². The van der Waals surface area contributed by atoms with Gasteiger partial charge in [-0.05, 0) is 26.2 Å². The summed E-state index contributed by atoms with van der Waals surface area (Å²) < 4.78 is 0. The fourth-order valence-electron chi connectivity index (χ4n) is 2.54. The average molecular weight is 255 g/mol. The normalized spacial score (nSPS) is 20.3. The van der Waals surface area contributed by atoms with Gasteiger partial charge in [0, 0.05) is 26.1 Å². The Morgan fingerprint density at radius 3 is 2.39 bits per heavy atom. The van der Waals surface area contributed by atoms with Gasteiger partial charge in [-0.15, -0.1) is 0 Å². The molecule has 0 bridgehead atoms. The van der Waals surface area contributed by atoms with Gasteiger partial charge < -0.3 is 16.0 Å². The number of nitrogens with zero attached hydrogens (tertiary/aromatic N) is 1. The van der Waals surface area contributed by atoms with E-state index in [4.69, 9.17) is 5.73 Å². The third-order valence-electron chi connectivity index (χ3n) is 3.66. The summed E-state index contributed by atoms with van der Waals surface area (Å²) in [6.07, 6.45) is 3.05. The van der Waals surface area contributed by atoms with Gasteiger partial charge in [0.1, 0.15) is 0 Å². The van der Waals surface area contributed by atoms with E-state index in [1.807, 2.05) is 6.92 Å². The lowest BCUT2D eigenvalue weighted by Crippen LogP contribution is -2.55. The molecule has 0 radical (unpaired) electrons. The van der Waals surface area contributed by atoms with Gasteiger partial charge in [0.25, 0.3) is 0 Å². The van der Waals surface area contributed by atoms with Crippen LogP contribution in [-0.2, 0) is 9.59 Å². The highest BCUT2D eigenvalue weighted by atomic mass is 16.2. The Labute approximate surface area is 109 Å². The van der Waals surface area contributed by atoms with Gasteiger partial charge in [0.2, 0.25) is 11.8 Å². The van der Waals surface area contributed by atoms with Crippen molar-refractivity contribution in [1.82, 2.24) is 10.2 Å². The second-order valence-corrected chi connectivity index (χ2v) is 5.35. The van der Waals surface area contributed by atoms with Crippen molar-refractivity contribution in [2.24, 2.45) is 11.7 Å². The maximum Gasteiger partial charge on any atom is 0.242 e. The molecule has 0 aromatic carbocycles. The van der Waals surface area contributed by atoms with E-state index in [2.05, 4.69) is 5.32 Å². The molecule has 5 nitrogen and oxygen atoms in total. The maximum absolute atomic E-state index is 12.3. The van der Waals surface area contributed by atoms with E-state index in [1.165, 1.54) is 0 Å². The second-order valence-electron chi connectivity index (χ2n) is 5.35. The molecule has 2 amide bonds. The maximum atomic E-state index is 12.3. The predicted octanol–water partition coefficient (Wildman–Crippen LogP) is 0.489. The Morgan fingerprint density at radius 2 is 1.94 bits per heavy atom. The zero-order valence-corrected chi connectivity index (χ0v) is 11.7. The number of hydrogen-bond donors (Lipinski definition) is 2. The molecule has 0 saturated carbocycles. The standard InChI is InChI=1S/C13H25N3O2/c1-4-7-13(2,14)12(18)16-8-5-10(6-9-16)11(17)15-3/h10H,4-9,14H2,1-3H3,(H,15,17). The molecule has 1 atom stereocenters. The van der Waals surface area contributed by atoms with Crippen molar-refractivity contribution in [3.05, 3.63) is 0 Å². The number of nitrogens with two attached hydrogens (primary N) is 1. The Kier molecular flexibility index (Phi) is 5.14. The molecule has 1 heterocycles. The highest BCUT2D eigenvalue weighted by molar-refractivity contribution is 5.86. The summed E-state index contributed by atoms with van der Waals surface area (Å²) in [5.74, 6) is 0.125. The number of piperidine rings is 1. The van der Waals surface area contributed by atoms with Gasteiger partial charge in [-0.1, -0.05) is 13.3 Å². The van der Waals surface area contributed by atoms with Crippen LogP contribution in [0.2, 0.25) is 0 Å². The Bertz CT molecular complexity index is 307. The molecule has 1 aliphatic rings. The molecule has 0 aromatic heterocycles. The van der Waals surface area contributed by atoms with Crippen LogP contribution in [0.3, 0.4) is 0 Å². The minimum Gasteiger partial charge on any atom is -0.359 e. The number of amides is 2. The van der Waals surface area contributed by atoms with Crippen LogP contribution in [0.15, 0.2) is 0 Å². The molecular weight excluding hydrogens is 230 g/mol. The van der Waals surface area contributed by atoms with E-state index in [0.29, 0.717) is 19.5 Å². The van der Waals surface area contributed by atoms with E-state index in [0.717, 1.165) is 19.3 Å². The first kappa shape index (κ1) is 15.0. The topological polar surface area (TPSA) is 75.4 Å². The molecule has 0 aliphatic carbocycles. The summed E-state index contributed by atoms with van der Waals surface area (Å²) in [7, 11) is 1.65. The van der Waals surface area contributed by atoms with E-state index in [1.54, 1.807) is 18.9 Å². The first-order valence-electron chi connectivity index (χ1n) is 6.72. The molecule has 1 saturated heterocycles. The van der Waals surface area contributed by atoms with Crippen LogP contribution in [-0.4, -0.2) is 42.4 Å². The molecule has 104 valence electrons. The van der Waals surface area contributed by atoms with E-state index in [-0.39, 0.29) is 17.7 Å². The van der Waals surface area contributed by atoms with Gasteiger partial charge in [-0.25, -0.2) is 0 Å². The van der Waals surface area contributed by atoms with Crippen LogP contribution in [0.4, 0.5) is 0 Å². The molecule has 0 spiro atoms. The predicted molar refractivity (Wildman–Crippen MR) is 70.9 cm³/mol. The Hall–Kier alpha value is -1.10. The van der Waals surface area contributed by atoms with Crippen molar-refractivity contribution in [2.75, 3.05) is 20.1 Å². The number of nitrogens with one attached hydrogen (secondary N) is 1. The second kappa shape index (κ2) is 6.18. The zero-order valence-electron chi connectivity index (χ0n) is 11.7. The van der Waals surface area contributed by atoms with Crippen molar-refractivity contribution >= 4 is 11.8 Å². The fourth-order valence-corrected chi connectivity index (χ4v) is 2.54. The summed E-state index contributed by atoms with van der Waals surface area (Å²) in [6.45, 7) is 5.08. The van der Waals surface area contributed by atoms with Crippen LogP contribution in [0.5, 0.6) is 0 Å². The summed E-state index contributed by atoms with van der Waals surface area (Å²) in [6, 6.07) is 0. The summed E-state index contributed by atoms with van der Waals surface area (Å²) in [5.41, 5.74) is 5.28. The van der Waals surface area contributed by atoms with Crippen molar-refractivity contribution in [2.45, 2.75) is 45.1 Å². The fraction of sp³-hybridized carbons (Fsp3) is 0.846. The average Bonchev–Trinajstić information content (AvgIpc) is 2.37. The Balaban J connectivity index is 2.52. The molecule has 1 aliphatic heterocycles. The Morgan fingerprint density at radius 1 is 1.39 bits per heavy atom. The molecule has 1 rings (SSSR count). The van der Waals surface area contributed by atoms with Gasteiger partial charge in [0.15, 0.2) is 0 Å². The van der Waals surface area contributed by atoms with Crippen LogP contribution in [0.25, 0.3) is 0 Å². The van der Waals surface area contributed by atoms with Crippen LogP contribution in [0, 0.1) is 5.92 Å². The molecule has 3 N–H and O–H groups in total. The number of rotatable bonds is 4. The minimum atomic E-state index is -0.769. The molecule has 1 unspecified atom stereocenters. The number of hydrogen-bond acceptors (Lipinski definition) is 3. The lowest BCUT2D eigenvalue weighted by Gasteiger charge is -2.36. The smallest absolute Gasteiger partial charge is 0.242 e. The largest absolute Gasteiger partial charge is 0.359 e. The molecule has 18 heavy (non-hydrogen) atoms. The van der Waals surface area contributed by atoms with Gasteiger partial charge in [-0.2, -0.15) is 0 Å². The van der Waals surface area contributed by atoms with Gasteiger partial charge in [-0.3, -0.25) is 9.59 Å². The van der Waals surface area contributed by atoms with Crippen LogP contribution < -0.4 is 11.1 Å². The molecule has 0 aromatic rings. The van der Waals surface area contributed by atoms with Gasteiger partial charge in [0.05, 0.1) is 5.54 Å². The van der Waals surface area contributed by atoms with Gasteiger partial charge >= 0.3 is 0 Å². The first-order valence-corrected chi connectivity index (χ1v) is 6.72. The number of carbonyl (C=O) groups is 2. The number of carbonyl (C=O) groups excluding carboxylic acids is 2. The highest BCUT2D eigenvalue weighted by Gasteiger charge is 2.34. The zero-order chi connectivity index (χ0) is 13.8. The lowest BCUT2D eigenvalue weighted by molar-refractivity contribution is -0.140. The molecule has 5 heteroatoms.